The number of anilines is 1. The number of hydrogen-bond acceptors (Lipinski definition) is 9. The van der Waals surface area contributed by atoms with Crippen molar-refractivity contribution in [1.29, 1.82) is 0 Å². The van der Waals surface area contributed by atoms with Gasteiger partial charge in [-0.2, -0.15) is 0 Å². The average molecular weight is 571 g/mol. The van der Waals surface area contributed by atoms with Crippen LogP contribution in [0.5, 0.6) is 5.88 Å². The molecule has 11 nitrogen and oxygen atoms in total. The lowest BCUT2D eigenvalue weighted by Gasteiger charge is -2.10. The molecule has 0 aliphatic heterocycles. The second-order valence-electron chi connectivity index (χ2n) is 8.42. The first-order valence-electron chi connectivity index (χ1n) is 11.4. The molecule has 4 aromatic rings. The van der Waals surface area contributed by atoms with E-state index in [0.717, 1.165) is 0 Å². The molecule has 39 heavy (non-hydrogen) atoms. The molecule has 0 fully saturated rings. The van der Waals surface area contributed by atoms with Crippen LogP contribution in [-0.2, 0) is 9.84 Å². The molecule has 0 aliphatic carbocycles. The van der Waals surface area contributed by atoms with Gasteiger partial charge in [-0.15, -0.1) is 0 Å². The number of hydrogen-bond donors (Lipinski definition) is 3. The number of halogens is 1. The van der Waals surface area contributed by atoms with E-state index in [0.29, 0.717) is 22.1 Å². The Morgan fingerprint density at radius 2 is 1.85 bits per heavy atom. The number of aromatic nitrogens is 3. The highest BCUT2D eigenvalue weighted by Crippen LogP contribution is 2.33. The molecule has 1 amide bonds. The lowest BCUT2D eigenvalue weighted by Crippen LogP contribution is -2.24. The van der Waals surface area contributed by atoms with Crippen LogP contribution in [-0.4, -0.2) is 47.0 Å². The van der Waals surface area contributed by atoms with Crippen molar-refractivity contribution in [3.63, 3.8) is 0 Å². The van der Waals surface area contributed by atoms with Crippen LogP contribution >= 0.6 is 12.2 Å². The third-order valence-electron chi connectivity index (χ3n) is 5.51. The predicted octanol–water partition coefficient (Wildman–Crippen LogP) is 4.16. The molecule has 4 rings (SSSR count). The Labute approximate surface area is 228 Å². The van der Waals surface area contributed by atoms with Gasteiger partial charge >= 0.3 is 6.09 Å². The molecule has 2 aromatic heterocycles. The molecule has 2 heterocycles. The monoisotopic (exact) mass is 570 g/mol. The van der Waals surface area contributed by atoms with E-state index in [9.17, 15) is 17.6 Å². The zero-order valence-corrected chi connectivity index (χ0v) is 22.6. The number of carbonyl (C=O) groups excluding carboxylic acids is 1. The van der Waals surface area contributed by atoms with Gasteiger partial charge < -0.3 is 25.6 Å². The van der Waals surface area contributed by atoms with Crippen LogP contribution in [0.3, 0.4) is 0 Å². The summed E-state index contributed by atoms with van der Waals surface area (Å²) in [6, 6.07) is 11.9. The first kappa shape index (κ1) is 27.6. The number of nitrogens with two attached hydrogens (primary N) is 1. The second-order valence-corrected chi connectivity index (χ2v) is 11.3. The van der Waals surface area contributed by atoms with Crippen LogP contribution in [0, 0.1) is 5.82 Å². The van der Waals surface area contributed by atoms with E-state index in [1.807, 2.05) is 0 Å². The number of amides is 1. The van der Waals surface area contributed by atoms with Gasteiger partial charge in [0.15, 0.2) is 26.4 Å². The minimum absolute atomic E-state index is 0.0209. The zero-order valence-electron chi connectivity index (χ0n) is 20.9. The number of rotatable bonds is 7. The van der Waals surface area contributed by atoms with Gasteiger partial charge in [0, 0.05) is 29.9 Å². The minimum Gasteiger partial charge on any atom is -0.389 e. The van der Waals surface area contributed by atoms with E-state index in [1.165, 1.54) is 36.5 Å². The van der Waals surface area contributed by atoms with Gasteiger partial charge in [-0.1, -0.05) is 17.3 Å². The Balaban J connectivity index is 1.71. The van der Waals surface area contributed by atoms with E-state index < -0.39 is 27.0 Å². The number of benzene rings is 2. The zero-order chi connectivity index (χ0) is 28.3. The van der Waals surface area contributed by atoms with Crippen LogP contribution in [0.2, 0.25) is 0 Å². The van der Waals surface area contributed by atoms with E-state index in [2.05, 4.69) is 25.8 Å². The number of ether oxygens (including phenoxy) is 1. The molecule has 0 radical (unpaired) electrons. The van der Waals surface area contributed by atoms with Crippen molar-refractivity contribution < 1.29 is 26.9 Å². The highest BCUT2D eigenvalue weighted by Gasteiger charge is 2.22. The first-order chi connectivity index (χ1) is 18.5. The van der Waals surface area contributed by atoms with Crippen LogP contribution in [0.4, 0.5) is 14.9 Å². The van der Waals surface area contributed by atoms with Crippen molar-refractivity contribution in [3.8, 4) is 39.8 Å². The van der Waals surface area contributed by atoms with Gasteiger partial charge in [0.2, 0.25) is 0 Å². The van der Waals surface area contributed by atoms with Crippen LogP contribution in [0.1, 0.15) is 13.8 Å². The Bertz CT molecular complexity index is 1660. The molecule has 4 N–H and O–H groups in total. The Morgan fingerprint density at radius 3 is 2.46 bits per heavy atom. The fraction of sp³-hybridized carbons (Fsp3) is 0.160. The van der Waals surface area contributed by atoms with Gasteiger partial charge in [-0.25, -0.2) is 27.6 Å². The Morgan fingerprint density at radius 1 is 1.13 bits per heavy atom. The largest absolute Gasteiger partial charge is 0.411 e. The van der Waals surface area contributed by atoms with Crippen LogP contribution in [0.25, 0.3) is 34.0 Å². The average Bonchev–Trinajstić information content (AvgIpc) is 3.38. The van der Waals surface area contributed by atoms with Crippen molar-refractivity contribution in [1.82, 2.24) is 20.4 Å². The normalized spacial score (nSPS) is 11.3. The van der Waals surface area contributed by atoms with E-state index in [4.69, 9.17) is 27.2 Å². The van der Waals surface area contributed by atoms with Crippen molar-refractivity contribution in [3.05, 3.63) is 60.5 Å². The van der Waals surface area contributed by atoms with Crippen molar-refractivity contribution in [2.45, 2.75) is 24.0 Å². The van der Waals surface area contributed by atoms with Gasteiger partial charge in [-0.05, 0) is 56.4 Å². The maximum atomic E-state index is 14.9. The predicted molar refractivity (Wildman–Crippen MR) is 146 cm³/mol. The summed E-state index contributed by atoms with van der Waals surface area (Å²) in [5.74, 6) is -0.829. The number of nitrogens with one attached hydrogen (secondary N) is 2. The number of carbonyl (C=O) groups is 1. The molecule has 14 heteroatoms. The third-order valence-corrected chi connectivity index (χ3v) is 7.99. The lowest BCUT2D eigenvalue weighted by molar-refractivity contribution is 0.209. The van der Waals surface area contributed by atoms with Gasteiger partial charge in [-0.3, -0.25) is 0 Å². The third kappa shape index (κ3) is 6.02. The summed E-state index contributed by atoms with van der Waals surface area (Å²) >= 11 is 5.03. The summed E-state index contributed by atoms with van der Waals surface area (Å²) in [6.45, 7) is 3.20. The number of nitrogens with zero attached hydrogens (tertiary/aromatic N) is 3. The maximum Gasteiger partial charge on any atom is 0.411 e. The van der Waals surface area contributed by atoms with Crippen molar-refractivity contribution >= 4 is 38.9 Å². The summed E-state index contributed by atoms with van der Waals surface area (Å²) in [7, 11) is -1.82. The molecule has 0 aliphatic rings. The summed E-state index contributed by atoms with van der Waals surface area (Å²) < 4.78 is 50.1. The molecule has 0 saturated carbocycles. The molecule has 0 spiro atoms. The number of primary amides is 1. The molecule has 0 saturated heterocycles. The molecule has 202 valence electrons. The summed E-state index contributed by atoms with van der Waals surface area (Å²) in [6.07, 6.45) is 0.196. The fourth-order valence-electron chi connectivity index (χ4n) is 3.44. The Hall–Kier alpha value is -4.43. The minimum atomic E-state index is -3.46. The van der Waals surface area contributed by atoms with Gasteiger partial charge in [0.1, 0.15) is 11.5 Å². The van der Waals surface area contributed by atoms with E-state index in [-0.39, 0.29) is 33.5 Å². The number of thiocarbonyl (C=S) groups is 1. The molecule has 2 aromatic carbocycles. The SMILES string of the molecule is CNC(=S)Nc1ccc(-c2cc(-c3nc(-c4ccc(S(=O)(=O)C(C)C)cc4)cnc3OC(N)=O)on2)c(F)c1. The van der Waals surface area contributed by atoms with Crippen LogP contribution < -0.4 is 21.1 Å². The maximum absolute atomic E-state index is 14.9. The van der Waals surface area contributed by atoms with E-state index >= 15 is 0 Å². The lowest BCUT2D eigenvalue weighted by atomic mass is 10.1. The van der Waals surface area contributed by atoms with Gasteiger partial charge in [0.05, 0.1) is 22.0 Å². The number of sulfone groups is 1. The van der Waals surface area contributed by atoms with Crippen molar-refractivity contribution in [2.75, 3.05) is 12.4 Å². The molecule has 0 atom stereocenters. The fourth-order valence-corrected chi connectivity index (χ4v) is 4.62. The molecular formula is C25H23FN6O5S2. The quantitative estimate of drug-likeness (QED) is 0.273. The van der Waals surface area contributed by atoms with Crippen molar-refractivity contribution in [2.24, 2.45) is 5.73 Å². The summed E-state index contributed by atoms with van der Waals surface area (Å²) in [5.41, 5.74) is 6.71. The first-order valence-corrected chi connectivity index (χ1v) is 13.4. The standard InChI is InChI=1S/C25H23FN6O5S2/c1-13(2)39(34,35)16-7-4-14(5-8-16)20-12-29-23(36-24(27)33)22(31-20)21-11-19(32-37-21)17-9-6-15(10-18(17)26)30-25(38)28-3/h4-13H,1-3H3,(H2,27,33)(H2,28,30,38). The smallest absolute Gasteiger partial charge is 0.389 e. The summed E-state index contributed by atoms with van der Waals surface area (Å²) in [5, 5.41) is 9.24. The van der Waals surface area contributed by atoms with Gasteiger partial charge in [0.25, 0.3) is 5.88 Å². The molecule has 0 unspecified atom stereocenters. The second kappa shape index (κ2) is 11.1. The highest BCUT2D eigenvalue weighted by atomic mass is 32.2. The van der Waals surface area contributed by atoms with Crippen LogP contribution in [0.15, 0.2) is 64.1 Å². The van der Waals surface area contributed by atoms with E-state index in [1.54, 1.807) is 39.1 Å². The Kier molecular flexibility index (Phi) is 7.88. The molecule has 0 bridgehead atoms. The summed E-state index contributed by atoms with van der Waals surface area (Å²) in [4.78, 5) is 20.2. The highest BCUT2D eigenvalue weighted by molar-refractivity contribution is 7.92. The topological polar surface area (TPSA) is 162 Å². The molecular weight excluding hydrogens is 547 g/mol.